The summed E-state index contributed by atoms with van der Waals surface area (Å²) in [6, 6.07) is 6.95. The fraction of sp³-hybridized carbons (Fsp3) is 0.429. The molecule has 1 fully saturated rings. The molecule has 2 unspecified atom stereocenters. The number of rotatable bonds is 4. The molecule has 5 heteroatoms. The molecule has 1 aromatic rings. The van der Waals surface area contributed by atoms with Crippen molar-refractivity contribution in [3.8, 4) is 0 Å². The summed E-state index contributed by atoms with van der Waals surface area (Å²) in [5.41, 5.74) is 0.335. The first kappa shape index (κ1) is 13.4. The van der Waals surface area contributed by atoms with Crippen LogP contribution < -0.4 is 0 Å². The van der Waals surface area contributed by atoms with Gasteiger partial charge in [0.15, 0.2) is 0 Å². The highest BCUT2D eigenvalue weighted by Gasteiger charge is 2.41. The topological polar surface area (TPSA) is 77.3 Å². The molecule has 0 bridgehead atoms. The molecule has 2 rings (SSSR count). The van der Waals surface area contributed by atoms with Crippen molar-refractivity contribution >= 4 is 11.6 Å². The summed E-state index contributed by atoms with van der Waals surface area (Å²) in [7, 11) is 0. The van der Waals surface area contributed by atoms with Gasteiger partial charge in [-0.15, -0.1) is 0 Å². The average molecular weight is 261 g/mol. The zero-order valence-electron chi connectivity index (χ0n) is 10.5. The van der Waals surface area contributed by atoms with Crippen LogP contribution in [0.5, 0.6) is 0 Å². The minimum absolute atomic E-state index is 0.0176. The first-order valence-corrected chi connectivity index (χ1v) is 6.34. The molecular formula is C14H15NO4. The van der Waals surface area contributed by atoms with E-state index in [9.17, 15) is 19.7 Å². The number of nitrogens with zero attached hydrogens (tertiary/aromatic N) is 1. The van der Waals surface area contributed by atoms with Crippen LogP contribution in [0.1, 0.15) is 36.0 Å². The SMILES string of the molecule is O=C1CCCC(C(C(=O)c2ccccc2)[N+](=O)[O-])C1. The number of ketones is 2. The molecule has 0 radical (unpaired) electrons. The van der Waals surface area contributed by atoms with E-state index >= 15 is 0 Å². The van der Waals surface area contributed by atoms with Crippen molar-refractivity contribution in [1.82, 2.24) is 0 Å². The Hall–Kier alpha value is -2.04. The Morgan fingerprint density at radius 1 is 1.32 bits per heavy atom. The van der Waals surface area contributed by atoms with E-state index in [0.717, 1.165) is 0 Å². The number of nitro groups is 1. The van der Waals surface area contributed by atoms with Crippen molar-refractivity contribution in [1.29, 1.82) is 0 Å². The van der Waals surface area contributed by atoms with Crippen molar-refractivity contribution in [2.45, 2.75) is 31.7 Å². The Kier molecular flexibility index (Phi) is 4.04. The van der Waals surface area contributed by atoms with Gasteiger partial charge < -0.3 is 0 Å². The lowest BCUT2D eigenvalue weighted by atomic mass is 9.80. The summed E-state index contributed by atoms with van der Waals surface area (Å²) in [4.78, 5) is 34.3. The van der Waals surface area contributed by atoms with Crippen LogP contribution in [0.3, 0.4) is 0 Å². The maximum atomic E-state index is 12.2. The maximum Gasteiger partial charge on any atom is 0.278 e. The number of carbonyl (C=O) groups is 2. The zero-order valence-corrected chi connectivity index (χ0v) is 10.5. The number of carbonyl (C=O) groups excluding carboxylic acids is 2. The molecule has 1 aliphatic rings. The number of Topliss-reactive ketones (excluding diaryl/α,β-unsaturated/α-hetero) is 2. The van der Waals surface area contributed by atoms with Crippen molar-refractivity contribution in [3.63, 3.8) is 0 Å². The van der Waals surface area contributed by atoms with Gasteiger partial charge in [0, 0.05) is 29.2 Å². The molecule has 0 aliphatic heterocycles. The quantitative estimate of drug-likeness (QED) is 0.473. The normalized spacial score (nSPS) is 20.8. The Morgan fingerprint density at radius 2 is 2.00 bits per heavy atom. The van der Waals surface area contributed by atoms with Crippen LogP contribution in [0, 0.1) is 16.0 Å². The Morgan fingerprint density at radius 3 is 2.58 bits per heavy atom. The van der Waals surface area contributed by atoms with E-state index in [0.29, 0.717) is 24.8 Å². The Bertz CT molecular complexity index is 497. The summed E-state index contributed by atoms with van der Waals surface area (Å²) >= 11 is 0. The van der Waals surface area contributed by atoms with Gasteiger partial charge in [0.25, 0.3) is 6.04 Å². The molecule has 0 spiro atoms. The van der Waals surface area contributed by atoms with Crippen LogP contribution in [0.4, 0.5) is 0 Å². The summed E-state index contributed by atoms with van der Waals surface area (Å²) in [6.45, 7) is 0. The second-order valence-corrected chi connectivity index (χ2v) is 4.86. The van der Waals surface area contributed by atoms with Crippen LogP contribution >= 0.6 is 0 Å². The summed E-state index contributed by atoms with van der Waals surface area (Å²) in [5, 5.41) is 11.2. The van der Waals surface area contributed by atoms with E-state index in [1.807, 2.05) is 0 Å². The van der Waals surface area contributed by atoms with Crippen molar-refractivity contribution in [3.05, 3.63) is 46.0 Å². The van der Waals surface area contributed by atoms with Gasteiger partial charge in [-0.3, -0.25) is 19.7 Å². The second kappa shape index (κ2) is 5.73. The number of hydrogen-bond donors (Lipinski definition) is 0. The van der Waals surface area contributed by atoms with Crippen LogP contribution in [0.2, 0.25) is 0 Å². The molecule has 5 nitrogen and oxygen atoms in total. The smallest absolute Gasteiger partial charge is 0.278 e. The number of hydrogen-bond acceptors (Lipinski definition) is 4. The molecule has 0 amide bonds. The van der Waals surface area contributed by atoms with Gasteiger partial charge in [0.05, 0.1) is 0 Å². The molecule has 0 aromatic heterocycles. The molecule has 19 heavy (non-hydrogen) atoms. The standard InChI is InChI=1S/C14H15NO4/c16-12-8-4-7-11(9-12)13(15(18)19)14(17)10-5-2-1-3-6-10/h1-3,5-6,11,13H,4,7-9H2. The fourth-order valence-corrected chi connectivity index (χ4v) is 2.58. The average Bonchev–Trinajstić information content (AvgIpc) is 2.39. The predicted molar refractivity (Wildman–Crippen MR) is 68.5 cm³/mol. The van der Waals surface area contributed by atoms with Crippen LogP contribution in [-0.4, -0.2) is 22.5 Å². The molecule has 0 saturated heterocycles. The first-order valence-electron chi connectivity index (χ1n) is 6.34. The molecule has 1 aliphatic carbocycles. The summed E-state index contributed by atoms with van der Waals surface area (Å²) in [6.07, 6.45) is 1.82. The highest BCUT2D eigenvalue weighted by atomic mass is 16.6. The van der Waals surface area contributed by atoms with Gasteiger partial charge in [-0.25, -0.2) is 0 Å². The molecule has 2 atom stereocenters. The lowest BCUT2D eigenvalue weighted by Gasteiger charge is -2.22. The molecule has 0 heterocycles. The minimum atomic E-state index is -1.30. The molecule has 1 aromatic carbocycles. The van der Waals surface area contributed by atoms with Crippen molar-refractivity contribution in [2.24, 2.45) is 5.92 Å². The molecular weight excluding hydrogens is 246 g/mol. The van der Waals surface area contributed by atoms with E-state index in [-0.39, 0.29) is 12.2 Å². The maximum absolute atomic E-state index is 12.2. The third-order valence-corrected chi connectivity index (χ3v) is 3.52. The van der Waals surface area contributed by atoms with E-state index in [1.54, 1.807) is 30.3 Å². The van der Waals surface area contributed by atoms with Crippen LogP contribution in [-0.2, 0) is 4.79 Å². The van der Waals surface area contributed by atoms with Gasteiger partial charge in [0.2, 0.25) is 5.78 Å². The van der Waals surface area contributed by atoms with Gasteiger partial charge in [-0.2, -0.15) is 0 Å². The monoisotopic (exact) mass is 261 g/mol. The van der Waals surface area contributed by atoms with Crippen LogP contribution in [0.25, 0.3) is 0 Å². The molecule has 0 N–H and O–H groups in total. The molecule has 1 saturated carbocycles. The van der Waals surface area contributed by atoms with Gasteiger partial charge in [-0.05, 0) is 12.8 Å². The minimum Gasteiger partial charge on any atom is -0.300 e. The highest BCUT2D eigenvalue weighted by Crippen LogP contribution is 2.27. The Labute approximate surface area is 110 Å². The Balaban J connectivity index is 2.23. The summed E-state index contributed by atoms with van der Waals surface area (Å²) in [5.74, 6) is -0.946. The first-order chi connectivity index (χ1) is 9.09. The van der Waals surface area contributed by atoms with Crippen molar-refractivity contribution in [2.75, 3.05) is 0 Å². The van der Waals surface area contributed by atoms with E-state index in [1.165, 1.54) is 0 Å². The molecule has 100 valence electrons. The van der Waals surface area contributed by atoms with Gasteiger partial charge in [0.1, 0.15) is 5.78 Å². The third-order valence-electron chi connectivity index (χ3n) is 3.52. The predicted octanol–water partition coefficient (Wildman–Crippen LogP) is 2.27. The van der Waals surface area contributed by atoms with E-state index < -0.39 is 22.7 Å². The fourth-order valence-electron chi connectivity index (χ4n) is 2.58. The van der Waals surface area contributed by atoms with Gasteiger partial charge >= 0.3 is 0 Å². The zero-order chi connectivity index (χ0) is 13.8. The third kappa shape index (κ3) is 3.05. The van der Waals surface area contributed by atoms with E-state index in [2.05, 4.69) is 0 Å². The largest absolute Gasteiger partial charge is 0.300 e. The van der Waals surface area contributed by atoms with Gasteiger partial charge in [-0.1, -0.05) is 30.3 Å². The van der Waals surface area contributed by atoms with Crippen LogP contribution in [0.15, 0.2) is 30.3 Å². The highest BCUT2D eigenvalue weighted by molar-refractivity contribution is 5.99. The number of benzene rings is 1. The van der Waals surface area contributed by atoms with E-state index in [4.69, 9.17) is 0 Å². The lowest BCUT2D eigenvalue weighted by Crippen LogP contribution is -2.39. The second-order valence-electron chi connectivity index (χ2n) is 4.86. The summed E-state index contributed by atoms with van der Waals surface area (Å²) < 4.78 is 0. The lowest BCUT2D eigenvalue weighted by molar-refractivity contribution is -0.514. The van der Waals surface area contributed by atoms with Crippen molar-refractivity contribution < 1.29 is 14.5 Å².